The molecule has 1 atom stereocenters. The van der Waals surface area contributed by atoms with Gasteiger partial charge in [0.15, 0.2) is 0 Å². The molecule has 0 aliphatic carbocycles. The van der Waals surface area contributed by atoms with Crippen molar-refractivity contribution in [2.24, 2.45) is 5.92 Å². The molecule has 2 heteroatoms. The molecule has 2 nitrogen and oxygen atoms in total. The molecule has 1 saturated heterocycles. The van der Waals surface area contributed by atoms with Gasteiger partial charge in [-0.25, -0.2) is 0 Å². The average Bonchev–Trinajstić information content (AvgIpc) is 2.38. The minimum Gasteiger partial charge on any atom is -0.392 e. The van der Waals surface area contributed by atoms with Crippen molar-refractivity contribution in [2.75, 3.05) is 18.0 Å². The van der Waals surface area contributed by atoms with Crippen molar-refractivity contribution in [1.29, 1.82) is 0 Å². The van der Waals surface area contributed by atoms with E-state index in [1.807, 2.05) is 12.1 Å². The summed E-state index contributed by atoms with van der Waals surface area (Å²) in [6.07, 6.45) is 3.89. The molecule has 16 heavy (non-hydrogen) atoms. The first-order valence-electron chi connectivity index (χ1n) is 6.29. The first-order valence-corrected chi connectivity index (χ1v) is 6.29. The van der Waals surface area contributed by atoms with Crippen LogP contribution in [0.25, 0.3) is 0 Å². The smallest absolute Gasteiger partial charge is 0.0702 e. The summed E-state index contributed by atoms with van der Waals surface area (Å²) < 4.78 is 0. The van der Waals surface area contributed by atoms with Crippen molar-refractivity contribution >= 4 is 5.69 Å². The Morgan fingerprint density at radius 2 is 2.19 bits per heavy atom. The van der Waals surface area contributed by atoms with Crippen LogP contribution in [0.2, 0.25) is 0 Å². The summed E-state index contributed by atoms with van der Waals surface area (Å²) in [4.78, 5) is 2.43. The Morgan fingerprint density at radius 3 is 2.94 bits per heavy atom. The fourth-order valence-corrected chi connectivity index (χ4v) is 2.57. The van der Waals surface area contributed by atoms with Crippen LogP contribution in [0.5, 0.6) is 0 Å². The molecule has 1 aliphatic rings. The Morgan fingerprint density at radius 1 is 1.38 bits per heavy atom. The van der Waals surface area contributed by atoms with E-state index < -0.39 is 0 Å². The maximum Gasteiger partial charge on any atom is 0.0702 e. The Bertz CT molecular complexity index is 337. The second kappa shape index (κ2) is 5.35. The molecule has 1 unspecified atom stereocenters. The Labute approximate surface area is 97.9 Å². The molecule has 1 aromatic rings. The third kappa shape index (κ3) is 2.38. The molecule has 1 aromatic carbocycles. The predicted molar refractivity (Wildman–Crippen MR) is 67.6 cm³/mol. The topological polar surface area (TPSA) is 23.5 Å². The normalized spacial score (nSPS) is 21.1. The van der Waals surface area contributed by atoms with E-state index in [0.29, 0.717) is 0 Å². The van der Waals surface area contributed by atoms with Crippen LogP contribution in [0, 0.1) is 5.92 Å². The van der Waals surface area contributed by atoms with Gasteiger partial charge in [0.05, 0.1) is 6.61 Å². The average molecular weight is 219 g/mol. The largest absolute Gasteiger partial charge is 0.392 e. The lowest BCUT2D eigenvalue weighted by Crippen LogP contribution is -2.35. The first kappa shape index (κ1) is 11.5. The molecule has 0 bridgehead atoms. The number of aliphatic hydroxyl groups is 1. The van der Waals surface area contributed by atoms with E-state index in [4.69, 9.17) is 0 Å². The molecule has 0 spiro atoms. The second-order valence-electron chi connectivity index (χ2n) is 4.65. The van der Waals surface area contributed by atoms with Crippen molar-refractivity contribution in [3.63, 3.8) is 0 Å². The maximum absolute atomic E-state index is 9.35. The zero-order valence-electron chi connectivity index (χ0n) is 10.0. The Balaban J connectivity index is 2.16. The van der Waals surface area contributed by atoms with Crippen LogP contribution in [0.3, 0.4) is 0 Å². The summed E-state index contributed by atoms with van der Waals surface area (Å²) in [7, 11) is 0. The fourth-order valence-electron chi connectivity index (χ4n) is 2.57. The summed E-state index contributed by atoms with van der Waals surface area (Å²) >= 11 is 0. The van der Waals surface area contributed by atoms with Gasteiger partial charge in [-0.2, -0.15) is 0 Å². The molecule has 0 amide bonds. The Kier molecular flexibility index (Phi) is 3.83. The van der Waals surface area contributed by atoms with Crippen LogP contribution < -0.4 is 4.90 Å². The van der Waals surface area contributed by atoms with E-state index in [0.717, 1.165) is 24.6 Å². The van der Waals surface area contributed by atoms with Crippen molar-refractivity contribution in [1.82, 2.24) is 0 Å². The SMILES string of the molecule is CCC1CCCN(c2ccccc2CO)C1. The molecule has 1 aliphatic heterocycles. The third-order valence-electron chi connectivity index (χ3n) is 3.60. The summed E-state index contributed by atoms with van der Waals surface area (Å²) in [5, 5.41) is 9.35. The highest BCUT2D eigenvalue weighted by Gasteiger charge is 2.19. The van der Waals surface area contributed by atoms with Crippen molar-refractivity contribution in [3.8, 4) is 0 Å². The minimum absolute atomic E-state index is 0.142. The van der Waals surface area contributed by atoms with Crippen LogP contribution >= 0.6 is 0 Å². The number of para-hydroxylation sites is 1. The van der Waals surface area contributed by atoms with E-state index in [-0.39, 0.29) is 6.61 Å². The summed E-state index contributed by atoms with van der Waals surface area (Å²) in [5.41, 5.74) is 2.28. The zero-order chi connectivity index (χ0) is 11.4. The number of piperidine rings is 1. The van der Waals surface area contributed by atoms with Gasteiger partial charge in [0.25, 0.3) is 0 Å². The van der Waals surface area contributed by atoms with Gasteiger partial charge in [0.1, 0.15) is 0 Å². The third-order valence-corrected chi connectivity index (χ3v) is 3.60. The number of hydrogen-bond donors (Lipinski definition) is 1. The predicted octanol–water partition coefficient (Wildman–Crippen LogP) is 2.81. The van der Waals surface area contributed by atoms with Crippen molar-refractivity contribution in [3.05, 3.63) is 29.8 Å². The van der Waals surface area contributed by atoms with E-state index >= 15 is 0 Å². The zero-order valence-corrected chi connectivity index (χ0v) is 10.0. The summed E-state index contributed by atoms with van der Waals surface area (Å²) in [5.74, 6) is 0.820. The maximum atomic E-state index is 9.35. The van der Waals surface area contributed by atoms with Gasteiger partial charge in [-0.05, 0) is 24.8 Å². The fraction of sp³-hybridized carbons (Fsp3) is 0.571. The monoisotopic (exact) mass is 219 g/mol. The highest BCUT2D eigenvalue weighted by molar-refractivity contribution is 5.53. The van der Waals surface area contributed by atoms with Crippen LogP contribution in [0.15, 0.2) is 24.3 Å². The minimum atomic E-state index is 0.142. The van der Waals surface area contributed by atoms with Gasteiger partial charge >= 0.3 is 0 Å². The standard InChI is InChI=1S/C14H21NO/c1-2-12-6-5-9-15(10-12)14-8-4-3-7-13(14)11-16/h3-4,7-8,12,16H,2,5-6,9-11H2,1H3. The molecule has 88 valence electrons. The van der Waals surface area contributed by atoms with Gasteiger partial charge in [0.2, 0.25) is 0 Å². The number of hydrogen-bond acceptors (Lipinski definition) is 2. The van der Waals surface area contributed by atoms with E-state index in [1.54, 1.807) is 0 Å². The molecule has 1 N–H and O–H groups in total. The van der Waals surface area contributed by atoms with E-state index in [9.17, 15) is 5.11 Å². The second-order valence-corrected chi connectivity index (χ2v) is 4.65. The molecular formula is C14H21NO. The van der Waals surface area contributed by atoms with Crippen LogP contribution in [-0.2, 0) is 6.61 Å². The van der Waals surface area contributed by atoms with E-state index in [2.05, 4.69) is 24.0 Å². The van der Waals surface area contributed by atoms with Crippen LogP contribution in [-0.4, -0.2) is 18.2 Å². The molecule has 0 aromatic heterocycles. The molecular weight excluding hydrogens is 198 g/mol. The van der Waals surface area contributed by atoms with Gasteiger partial charge in [-0.15, -0.1) is 0 Å². The lowest BCUT2D eigenvalue weighted by molar-refractivity contribution is 0.281. The van der Waals surface area contributed by atoms with Gasteiger partial charge in [0, 0.05) is 24.3 Å². The number of anilines is 1. The van der Waals surface area contributed by atoms with E-state index in [1.165, 1.54) is 24.9 Å². The number of benzene rings is 1. The van der Waals surface area contributed by atoms with Crippen LogP contribution in [0.4, 0.5) is 5.69 Å². The molecule has 1 heterocycles. The first-order chi connectivity index (χ1) is 7.85. The van der Waals surface area contributed by atoms with Gasteiger partial charge in [-0.1, -0.05) is 31.5 Å². The molecule has 1 fully saturated rings. The van der Waals surface area contributed by atoms with Crippen molar-refractivity contribution in [2.45, 2.75) is 32.8 Å². The Hall–Kier alpha value is -1.02. The highest BCUT2D eigenvalue weighted by Crippen LogP contribution is 2.27. The number of aliphatic hydroxyl groups excluding tert-OH is 1. The molecule has 2 rings (SSSR count). The van der Waals surface area contributed by atoms with Crippen LogP contribution in [0.1, 0.15) is 31.7 Å². The molecule has 0 radical (unpaired) electrons. The quantitative estimate of drug-likeness (QED) is 0.845. The summed E-state index contributed by atoms with van der Waals surface area (Å²) in [6, 6.07) is 8.20. The number of rotatable bonds is 3. The van der Waals surface area contributed by atoms with Gasteiger partial charge in [-0.3, -0.25) is 0 Å². The molecule has 0 saturated carbocycles. The van der Waals surface area contributed by atoms with Crippen molar-refractivity contribution < 1.29 is 5.11 Å². The number of nitrogens with zero attached hydrogens (tertiary/aromatic N) is 1. The van der Waals surface area contributed by atoms with Gasteiger partial charge < -0.3 is 10.0 Å². The lowest BCUT2D eigenvalue weighted by atomic mass is 9.95. The lowest BCUT2D eigenvalue weighted by Gasteiger charge is -2.35. The highest BCUT2D eigenvalue weighted by atomic mass is 16.3. The summed E-state index contributed by atoms with van der Waals surface area (Å²) in [6.45, 7) is 4.69.